The number of ether oxygens (including phenoxy) is 1. The normalized spacial score (nSPS) is 45.5. The lowest BCUT2D eigenvalue weighted by Gasteiger charge is -2.62. The monoisotopic (exact) mass is 550 g/mol. The van der Waals surface area contributed by atoms with E-state index in [1.165, 1.54) is 5.71 Å². The lowest BCUT2D eigenvalue weighted by molar-refractivity contribution is -2.00. The number of hydrogen-bond acceptors (Lipinski definition) is 6. The summed E-state index contributed by atoms with van der Waals surface area (Å²) in [6.45, 7) is 4.49. The Labute approximate surface area is 218 Å². The van der Waals surface area contributed by atoms with E-state index in [2.05, 4.69) is 9.48 Å². The number of fused-ring (bicyclic) bond motifs is 4. The van der Waals surface area contributed by atoms with E-state index in [4.69, 9.17) is 23.4 Å². The summed E-state index contributed by atoms with van der Waals surface area (Å²) < 4.78 is 88.2. The van der Waals surface area contributed by atoms with Crippen LogP contribution in [0.1, 0.15) is 64.2 Å². The minimum Gasteiger partial charge on any atom is -0.373 e. The van der Waals surface area contributed by atoms with E-state index in [1.54, 1.807) is 0 Å². The van der Waals surface area contributed by atoms with Crippen LogP contribution in [0.5, 0.6) is 0 Å². The van der Waals surface area contributed by atoms with Gasteiger partial charge in [0.15, 0.2) is 5.71 Å². The second kappa shape index (κ2) is 9.85. The van der Waals surface area contributed by atoms with Gasteiger partial charge in [-0.2, -0.15) is 13.2 Å². The molecule has 0 aromatic heterocycles. The van der Waals surface area contributed by atoms with Gasteiger partial charge in [-0.15, -0.1) is 10.2 Å². The van der Waals surface area contributed by atoms with Crippen molar-refractivity contribution >= 4 is 5.71 Å². The van der Waals surface area contributed by atoms with Crippen molar-refractivity contribution in [2.24, 2.45) is 41.4 Å². The van der Waals surface area contributed by atoms with Gasteiger partial charge in [0.25, 0.3) is 0 Å². The zero-order chi connectivity index (χ0) is 26.1. The first-order valence-corrected chi connectivity index (χ1v) is 15.4. The molecule has 11 heteroatoms. The van der Waals surface area contributed by atoms with Gasteiger partial charge in [0, 0.05) is 30.7 Å². The van der Waals surface area contributed by atoms with E-state index >= 15 is 0 Å². The summed E-state index contributed by atoms with van der Waals surface area (Å²) in [6, 6.07) is 0.478. The molecule has 7 rings (SSSR count). The van der Waals surface area contributed by atoms with E-state index in [0.29, 0.717) is 30.2 Å². The van der Waals surface area contributed by atoms with Crippen molar-refractivity contribution in [3.63, 3.8) is 0 Å². The van der Waals surface area contributed by atoms with E-state index < -0.39 is 22.3 Å². The van der Waals surface area contributed by atoms with Crippen molar-refractivity contribution in [1.82, 2.24) is 4.90 Å². The van der Waals surface area contributed by atoms with Gasteiger partial charge in [0.1, 0.15) is 13.1 Å². The molecule has 10 atom stereocenters. The Balaban J connectivity index is 0.000000463. The fourth-order valence-electron chi connectivity index (χ4n) is 10.1. The molecule has 10 unspecified atom stereocenters. The van der Waals surface area contributed by atoms with Gasteiger partial charge in [-0.05, 0) is 82.2 Å². The third-order valence-electron chi connectivity index (χ3n) is 10.8. The Kier molecular flexibility index (Phi) is 7.12. The fourth-order valence-corrected chi connectivity index (χ4v) is 10.1. The van der Waals surface area contributed by atoms with Crippen molar-refractivity contribution in [3.05, 3.63) is 0 Å². The average Bonchev–Trinajstić information content (AvgIpc) is 2.82. The second-order valence-electron chi connectivity index (χ2n) is 12.5. The quantitative estimate of drug-likeness (QED) is 0.392. The van der Waals surface area contributed by atoms with Crippen LogP contribution in [-0.4, -0.2) is 65.8 Å². The van der Waals surface area contributed by atoms with Gasteiger partial charge in [-0.25, -0.2) is 23.2 Å². The number of hydrogen-bond donors (Lipinski definition) is 0. The van der Waals surface area contributed by atoms with Crippen LogP contribution in [0, 0.1) is 51.7 Å². The molecule has 0 aromatic carbocycles. The Morgan fingerprint density at radius 3 is 2.16 bits per heavy atom. The van der Waals surface area contributed by atoms with Crippen LogP contribution in [0.15, 0.2) is 0 Å². The summed E-state index contributed by atoms with van der Waals surface area (Å²) in [6.07, 6.45) is 5.82. The molecule has 0 aromatic rings. The number of piperidine rings is 2. The molecule has 37 heavy (non-hydrogen) atoms. The van der Waals surface area contributed by atoms with Crippen LogP contribution in [0.4, 0.5) is 13.2 Å². The average molecular weight is 551 g/mol. The molecular weight excluding hydrogens is 513 g/mol. The van der Waals surface area contributed by atoms with E-state index in [-0.39, 0.29) is 30.0 Å². The van der Waals surface area contributed by atoms with Gasteiger partial charge in [0.2, 0.25) is 0 Å². The summed E-state index contributed by atoms with van der Waals surface area (Å²) in [5, 5.41) is 0. The summed E-state index contributed by atoms with van der Waals surface area (Å²) in [4.78, 5) is 2.63. The molecule has 210 valence electrons. The molecule has 0 spiro atoms. The third kappa shape index (κ3) is 4.98. The molecule has 0 N–H and O–H groups in total. The Morgan fingerprint density at radius 1 is 0.811 bits per heavy atom. The van der Waals surface area contributed by atoms with Crippen LogP contribution in [0.25, 0.3) is 0 Å². The van der Waals surface area contributed by atoms with Crippen LogP contribution < -0.4 is 18.6 Å². The highest BCUT2D eigenvalue weighted by molar-refractivity contribution is 5.86. The van der Waals surface area contributed by atoms with Gasteiger partial charge in [0.05, 0.1) is 24.0 Å². The molecule has 7 aliphatic rings. The minimum atomic E-state index is -4.94. The topological polar surface area (TPSA) is 108 Å². The first-order chi connectivity index (χ1) is 17.5. The molecule has 7 nitrogen and oxygen atoms in total. The Bertz CT molecular complexity index is 886. The van der Waals surface area contributed by atoms with Crippen molar-refractivity contribution < 1.29 is 51.4 Å². The van der Waals surface area contributed by atoms with Crippen molar-refractivity contribution in [1.29, 1.82) is 0 Å². The number of alkyl halides is 3. The molecule has 2 saturated carbocycles. The maximum absolute atomic E-state index is 14.9. The molecule has 2 aliphatic carbocycles. The van der Waals surface area contributed by atoms with Gasteiger partial charge >= 0.3 is 6.18 Å². The molecule has 0 radical (unpaired) electrons. The Hall–Kier alpha value is -0.490. The number of rotatable bonds is 0. The van der Waals surface area contributed by atoms with E-state index in [1.807, 2.05) is 0 Å². The molecule has 5 heterocycles. The van der Waals surface area contributed by atoms with Crippen molar-refractivity contribution in [2.75, 3.05) is 26.2 Å². The summed E-state index contributed by atoms with van der Waals surface area (Å²) in [5.74, 6) is -0.418. The zero-order valence-corrected chi connectivity index (χ0v) is 21.9. The first kappa shape index (κ1) is 26.7. The predicted octanol–water partition coefficient (Wildman–Crippen LogP) is -0.0198. The zero-order valence-electron chi connectivity index (χ0n) is 21.1. The molecule has 0 bridgehead atoms. The standard InChI is InChI=1S/C26H38F3N2O.ClHO4/c27-26(28,29)21-19-13-15-5-1-9-30-11-3-7-17(22(15)30)24(19)32-25-18-8-4-12-31-10-2-6-16(23(18)31)14-20(21)25;2-1(3,4)5/h15-22,24-25H,1-14H2;(H,2,3,4,5)/q+1;/p-1. The molecule has 3 saturated heterocycles. The van der Waals surface area contributed by atoms with Gasteiger partial charge in [-0.1, -0.05) is 0 Å². The SMILES string of the molecule is FC(F)(F)C1C2CC3CCC[N+]4=C3C(CCC4)C2OC2C3CCCN4CCCC(CC21)C34.[O-][Cl+3]([O-])([O-])[O-]. The lowest BCUT2D eigenvalue weighted by Crippen LogP contribution is -2.68. The fraction of sp³-hybridized carbons (Fsp3) is 0.962. The maximum atomic E-state index is 14.9. The summed E-state index contributed by atoms with van der Waals surface area (Å²) >= 11 is 0. The lowest BCUT2D eigenvalue weighted by atomic mass is 9.54. The summed E-state index contributed by atoms with van der Waals surface area (Å²) in [7, 11) is -4.94. The summed E-state index contributed by atoms with van der Waals surface area (Å²) in [5.41, 5.74) is 1.50. The van der Waals surface area contributed by atoms with Crippen LogP contribution >= 0.6 is 0 Å². The molecule has 0 amide bonds. The van der Waals surface area contributed by atoms with E-state index in [9.17, 15) is 13.2 Å². The van der Waals surface area contributed by atoms with E-state index in [0.717, 1.165) is 84.0 Å². The van der Waals surface area contributed by atoms with Crippen LogP contribution in [0.3, 0.4) is 0 Å². The van der Waals surface area contributed by atoms with Crippen molar-refractivity contribution in [3.8, 4) is 0 Å². The highest BCUT2D eigenvalue weighted by atomic mass is 35.7. The number of halogens is 4. The van der Waals surface area contributed by atoms with Crippen molar-refractivity contribution in [2.45, 2.75) is 88.6 Å². The van der Waals surface area contributed by atoms with Gasteiger partial charge in [-0.3, -0.25) is 4.90 Å². The third-order valence-corrected chi connectivity index (χ3v) is 10.8. The first-order valence-electron chi connectivity index (χ1n) is 14.2. The highest BCUT2D eigenvalue weighted by Crippen LogP contribution is 2.60. The molecule has 5 fully saturated rings. The minimum absolute atomic E-state index is 0.179. The molecular formula is C26H38ClF3N2O5. The molecule has 5 aliphatic heterocycles. The maximum Gasteiger partial charge on any atom is 0.392 e. The predicted molar refractivity (Wildman–Crippen MR) is 116 cm³/mol. The Morgan fingerprint density at radius 2 is 1.46 bits per heavy atom. The highest BCUT2D eigenvalue weighted by Gasteiger charge is 2.66. The smallest absolute Gasteiger partial charge is 0.373 e. The number of nitrogens with zero attached hydrogens (tertiary/aromatic N) is 2. The van der Waals surface area contributed by atoms with Crippen LogP contribution in [0.2, 0.25) is 0 Å². The van der Waals surface area contributed by atoms with Crippen LogP contribution in [-0.2, 0) is 4.74 Å². The largest absolute Gasteiger partial charge is 0.392 e. The second-order valence-corrected chi connectivity index (χ2v) is 13.3. The van der Waals surface area contributed by atoms with Gasteiger partial charge < -0.3 is 4.74 Å².